The van der Waals surface area contributed by atoms with E-state index in [1.165, 1.54) is 12.1 Å². The van der Waals surface area contributed by atoms with Gasteiger partial charge in [0.2, 0.25) is 5.91 Å². The van der Waals surface area contributed by atoms with Gasteiger partial charge in [-0.2, -0.15) is 0 Å². The molecule has 2 rings (SSSR count). The minimum atomic E-state index is -3.63. The van der Waals surface area contributed by atoms with Crippen LogP contribution in [0.15, 0.2) is 53.4 Å². The maximum atomic E-state index is 12.9. The van der Waals surface area contributed by atoms with Crippen LogP contribution in [0, 0.1) is 5.82 Å². The van der Waals surface area contributed by atoms with Crippen molar-refractivity contribution in [1.29, 1.82) is 0 Å². The van der Waals surface area contributed by atoms with Gasteiger partial charge in [0.05, 0.1) is 16.7 Å². The molecule has 1 N–H and O–H groups in total. The van der Waals surface area contributed by atoms with E-state index < -0.39 is 15.7 Å². The van der Waals surface area contributed by atoms with Crippen molar-refractivity contribution in [2.75, 3.05) is 5.75 Å². The minimum absolute atomic E-state index is 0.000380. The Morgan fingerprint density at radius 1 is 1.21 bits per heavy atom. The lowest BCUT2D eigenvalue weighted by Crippen LogP contribution is -2.28. The van der Waals surface area contributed by atoms with Crippen LogP contribution in [0.2, 0.25) is 5.02 Å². The fourth-order valence-corrected chi connectivity index (χ4v) is 3.60. The summed E-state index contributed by atoms with van der Waals surface area (Å²) >= 11 is 5.91. The molecule has 0 saturated carbocycles. The zero-order valence-corrected chi connectivity index (χ0v) is 14.6. The zero-order chi connectivity index (χ0) is 17.7. The molecular weight excluding hydrogens is 353 g/mol. The summed E-state index contributed by atoms with van der Waals surface area (Å²) < 4.78 is 37.1. The number of halogens is 2. The molecule has 0 bridgehead atoms. The average molecular weight is 370 g/mol. The highest BCUT2D eigenvalue weighted by atomic mass is 35.5. The van der Waals surface area contributed by atoms with Crippen molar-refractivity contribution in [3.8, 4) is 0 Å². The van der Waals surface area contributed by atoms with Gasteiger partial charge < -0.3 is 5.32 Å². The Labute approximate surface area is 145 Å². The van der Waals surface area contributed by atoms with Crippen molar-refractivity contribution in [3.05, 3.63) is 64.9 Å². The van der Waals surface area contributed by atoms with Crippen LogP contribution in [0.4, 0.5) is 4.39 Å². The highest BCUT2D eigenvalue weighted by molar-refractivity contribution is 7.91. The summed E-state index contributed by atoms with van der Waals surface area (Å²) in [6.07, 6.45) is -0.176. The second-order valence-corrected chi connectivity index (χ2v) is 7.91. The molecule has 1 atom stereocenters. The number of carbonyl (C=O) groups is 1. The largest absolute Gasteiger partial charge is 0.350 e. The summed E-state index contributed by atoms with van der Waals surface area (Å²) in [6.45, 7) is 1.79. The van der Waals surface area contributed by atoms with E-state index in [4.69, 9.17) is 11.6 Å². The third-order valence-electron chi connectivity index (χ3n) is 3.50. The van der Waals surface area contributed by atoms with Crippen LogP contribution in [0.5, 0.6) is 0 Å². The van der Waals surface area contributed by atoms with Crippen LogP contribution in [0.25, 0.3) is 0 Å². The Morgan fingerprint density at radius 3 is 2.50 bits per heavy atom. The summed E-state index contributed by atoms with van der Waals surface area (Å²) in [6, 6.07) is 11.3. The number of nitrogens with one attached hydrogen (secondary N) is 1. The van der Waals surface area contributed by atoms with E-state index in [9.17, 15) is 17.6 Å². The van der Waals surface area contributed by atoms with Crippen molar-refractivity contribution in [1.82, 2.24) is 5.32 Å². The first-order valence-corrected chi connectivity index (χ1v) is 9.34. The summed E-state index contributed by atoms with van der Waals surface area (Å²) in [5, 5.41) is 3.30. The second-order valence-electron chi connectivity index (χ2n) is 5.37. The van der Waals surface area contributed by atoms with Crippen molar-refractivity contribution in [2.24, 2.45) is 0 Å². The number of carbonyl (C=O) groups excluding carboxylic acids is 1. The highest BCUT2D eigenvalue weighted by Gasteiger charge is 2.17. The van der Waals surface area contributed by atoms with Crippen LogP contribution < -0.4 is 5.32 Å². The van der Waals surface area contributed by atoms with Gasteiger partial charge in [0, 0.05) is 11.4 Å². The Balaban J connectivity index is 1.94. The SMILES string of the molecule is C[C@H](NC(=O)CCS(=O)(=O)c1ccc(F)cc1)c1cccc(Cl)c1. The first kappa shape index (κ1) is 18.4. The molecular formula is C17H17ClFNO3S. The molecule has 1 amide bonds. The van der Waals surface area contributed by atoms with Crippen molar-refractivity contribution in [3.63, 3.8) is 0 Å². The molecule has 128 valence electrons. The standard InChI is InChI=1S/C17H17ClFNO3S/c1-12(13-3-2-4-14(18)11-13)20-17(21)9-10-24(22,23)16-7-5-15(19)6-8-16/h2-8,11-12H,9-10H2,1H3,(H,20,21)/t12-/m0/s1. The van der Waals surface area contributed by atoms with E-state index in [1.54, 1.807) is 25.1 Å². The van der Waals surface area contributed by atoms with Crippen LogP contribution in [-0.4, -0.2) is 20.1 Å². The van der Waals surface area contributed by atoms with E-state index in [0.717, 1.165) is 17.7 Å². The number of hydrogen-bond acceptors (Lipinski definition) is 3. The molecule has 7 heteroatoms. The number of amides is 1. The number of hydrogen-bond donors (Lipinski definition) is 1. The summed E-state index contributed by atoms with van der Waals surface area (Å²) in [5.74, 6) is -1.23. The molecule has 4 nitrogen and oxygen atoms in total. The van der Waals surface area contributed by atoms with E-state index >= 15 is 0 Å². The van der Waals surface area contributed by atoms with Gasteiger partial charge in [-0.25, -0.2) is 12.8 Å². The van der Waals surface area contributed by atoms with E-state index in [2.05, 4.69) is 5.32 Å². The van der Waals surface area contributed by atoms with Crippen LogP contribution in [0.1, 0.15) is 24.9 Å². The van der Waals surface area contributed by atoms with Crippen molar-refractivity contribution in [2.45, 2.75) is 24.3 Å². The van der Waals surface area contributed by atoms with E-state index in [1.807, 2.05) is 6.07 Å². The average Bonchev–Trinajstić information content (AvgIpc) is 2.53. The van der Waals surface area contributed by atoms with Crippen molar-refractivity contribution < 1.29 is 17.6 Å². The molecule has 0 spiro atoms. The molecule has 0 aromatic heterocycles. The maximum Gasteiger partial charge on any atom is 0.221 e. The molecule has 2 aromatic rings. The third kappa shape index (κ3) is 5.04. The van der Waals surface area contributed by atoms with Gasteiger partial charge in [0.25, 0.3) is 0 Å². The van der Waals surface area contributed by atoms with Crippen LogP contribution >= 0.6 is 11.6 Å². The molecule has 0 aliphatic rings. The Hall–Kier alpha value is -1.92. The van der Waals surface area contributed by atoms with Crippen molar-refractivity contribution >= 4 is 27.3 Å². The van der Waals surface area contributed by atoms with Gasteiger partial charge in [-0.15, -0.1) is 0 Å². The van der Waals surface area contributed by atoms with Gasteiger partial charge in [-0.05, 0) is 48.9 Å². The molecule has 0 aliphatic heterocycles. The normalized spacial score (nSPS) is 12.6. The Morgan fingerprint density at radius 2 is 1.88 bits per heavy atom. The van der Waals surface area contributed by atoms with E-state index in [-0.39, 0.29) is 29.0 Å². The maximum absolute atomic E-state index is 12.9. The molecule has 24 heavy (non-hydrogen) atoms. The van der Waals surface area contributed by atoms with Gasteiger partial charge in [-0.3, -0.25) is 4.79 Å². The van der Waals surface area contributed by atoms with Crippen LogP contribution in [0.3, 0.4) is 0 Å². The first-order chi connectivity index (χ1) is 11.3. The van der Waals surface area contributed by atoms with E-state index in [0.29, 0.717) is 5.02 Å². The molecule has 0 radical (unpaired) electrons. The lowest BCUT2D eigenvalue weighted by molar-refractivity contribution is -0.121. The number of sulfone groups is 1. The summed E-state index contributed by atoms with van der Waals surface area (Å²) in [5.41, 5.74) is 0.831. The molecule has 0 fully saturated rings. The molecule has 0 unspecified atom stereocenters. The predicted molar refractivity (Wildman–Crippen MR) is 91.1 cm³/mol. The fourth-order valence-electron chi connectivity index (χ4n) is 2.16. The number of benzene rings is 2. The first-order valence-electron chi connectivity index (χ1n) is 7.31. The lowest BCUT2D eigenvalue weighted by atomic mass is 10.1. The quantitative estimate of drug-likeness (QED) is 0.792. The predicted octanol–water partition coefficient (Wildman–Crippen LogP) is 3.52. The molecule has 0 heterocycles. The van der Waals surface area contributed by atoms with Gasteiger partial charge in [0.15, 0.2) is 9.84 Å². The molecule has 2 aromatic carbocycles. The van der Waals surface area contributed by atoms with Crippen LogP contribution in [-0.2, 0) is 14.6 Å². The topological polar surface area (TPSA) is 63.2 Å². The molecule has 0 saturated heterocycles. The van der Waals surface area contributed by atoms with Gasteiger partial charge >= 0.3 is 0 Å². The smallest absolute Gasteiger partial charge is 0.221 e. The Kier molecular flexibility index (Phi) is 5.96. The number of rotatable bonds is 6. The van der Waals surface area contributed by atoms with Gasteiger partial charge in [-0.1, -0.05) is 23.7 Å². The van der Waals surface area contributed by atoms with Gasteiger partial charge in [0.1, 0.15) is 5.82 Å². The highest BCUT2D eigenvalue weighted by Crippen LogP contribution is 2.18. The second kappa shape index (κ2) is 7.77. The fraction of sp³-hybridized carbons (Fsp3) is 0.235. The lowest BCUT2D eigenvalue weighted by Gasteiger charge is -2.14. The summed E-state index contributed by atoms with van der Waals surface area (Å²) in [4.78, 5) is 12.0. The molecule has 0 aliphatic carbocycles. The Bertz CT molecular complexity index is 822. The summed E-state index contributed by atoms with van der Waals surface area (Å²) in [7, 11) is -3.63. The zero-order valence-electron chi connectivity index (χ0n) is 13.0. The monoisotopic (exact) mass is 369 g/mol. The third-order valence-corrected chi connectivity index (χ3v) is 5.46. The minimum Gasteiger partial charge on any atom is -0.350 e.